The highest BCUT2D eigenvalue weighted by atomic mass is 16.1. The fraction of sp³-hybridized carbons (Fsp3) is 0.417. The summed E-state index contributed by atoms with van der Waals surface area (Å²) in [5, 5.41) is 5.87. The zero-order valence-electron chi connectivity index (χ0n) is 10.2. The van der Waals surface area contributed by atoms with Crippen molar-refractivity contribution < 1.29 is 4.79 Å². The van der Waals surface area contributed by atoms with Gasteiger partial charge >= 0.3 is 0 Å². The number of anilines is 2. The van der Waals surface area contributed by atoms with Gasteiger partial charge in [0.25, 0.3) is 5.91 Å². The van der Waals surface area contributed by atoms with Crippen LogP contribution in [-0.4, -0.2) is 18.5 Å². The van der Waals surface area contributed by atoms with Crippen LogP contribution in [0.5, 0.6) is 0 Å². The van der Waals surface area contributed by atoms with E-state index in [0.717, 1.165) is 5.69 Å². The van der Waals surface area contributed by atoms with Gasteiger partial charge in [-0.25, -0.2) is 0 Å². The SMILES string of the molecule is CNC(=O)c1ccc(N)cc1NC(C)(C)C. The second kappa shape index (κ2) is 4.43. The van der Waals surface area contributed by atoms with Crippen molar-refractivity contribution in [1.29, 1.82) is 0 Å². The first-order valence-corrected chi connectivity index (χ1v) is 5.23. The molecule has 0 bridgehead atoms. The molecule has 0 heterocycles. The lowest BCUT2D eigenvalue weighted by atomic mass is 10.1. The maximum absolute atomic E-state index is 11.6. The molecule has 4 N–H and O–H groups in total. The summed E-state index contributed by atoms with van der Waals surface area (Å²) in [5.41, 5.74) is 7.60. The molecule has 0 unspecified atom stereocenters. The fourth-order valence-electron chi connectivity index (χ4n) is 1.40. The van der Waals surface area contributed by atoms with Gasteiger partial charge in [0, 0.05) is 24.0 Å². The Morgan fingerprint density at radius 2 is 1.94 bits per heavy atom. The van der Waals surface area contributed by atoms with E-state index in [-0.39, 0.29) is 11.4 Å². The van der Waals surface area contributed by atoms with Gasteiger partial charge in [0.15, 0.2) is 0 Å². The Labute approximate surface area is 96.2 Å². The van der Waals surface area contributed by atoms with Gasteiger partial charge in [0.2, 0.25) is 0 Å². The summed E-state index contributed by atoms with van der Waals surface area (Å²) in [5.74, 6) is -0.119. The average Bonchev–Trinajstić information content (AvgIpc) is 2.14. The van der Waals surface area contributed by atoms with Crippen LogP contribution in [0.1, 0.15) is 31.1 Å². The number of benzene rings is 1. The number of hydrogen-bond donors (Lipinski definition) is 3. The van der Waals surface area contributed by atoms with Crippen molar-refractivity contribution in [2.24, 2.45) is 0 Å². The lowest BCUT2D eigenvalue weighted by molar-refractivity contribution is 0.0964. The Balaban J connectivity index is 3.13. The van der Waals surface area contributed by atoms with Crippen LogP contribution in [0.3, 0.4) is 0 Å². The van der Waals surface area contributed by atoms with Crippen LogP contribution in [0.4, 0.5) is 11.4 Å². The summed E-state index contributed by atoms with van der Waals surface area (Å²) in [6, 6.07) is 5.22. The third-order valence-electron chi connectivity index (χ3n) is 2.02. The van der Waals surface area contributed by atoms with E-state index in [1.807, 2.05) is 20.8 Å². The Kier molecular flexibility index (Phi) is 3.42. The minimum absolute atomic E-state index is 0.115. The molecule has 0 aliphatic heterocycles. The van der Waals surface area contributed by atoms with Crippen LogP contribution >= 0.6 is 0 Å². The number of rotatable bonds is 2. The van der Waals surface area contributed by atoms with Gasteiger partial charge < -0.3 is 16.4 Å². The summed E-state index contributed by atoms with van der Waals surface area (Å²) in [6.45, 7) is 6.09. The van der Waals surface area contributed by atoms with E-state index in [0.29, 0.717) is 11.3 Å². The normalized spacial score (nSPS) is 11.0. The molecule has 0 radical (unpaired) electrons. The van der Waals surface area contributed by atoms with E-state index in [2.05, 4.69) is 10.6 Å². The van der Waals surface area contributed by atoms with Crippen molar-refractivity contribution in [3.63, 3.8) is 0 Å². The summed E-state index contributed by atoms with van der Waals surface area (Å²) >= 11 is 0. The molecule has 0 saturated carbocycles. The molecule has 4 nitrogen and oxygen atoms in total. The topological polar surface area (TPSA) is 67.2 Å². The summed E-state index contributed by atoms with van der Waals surface area (Å²) in [4.78, 5) is 11.6. The number of nitrogens with one attached hydrogen (secondary N) is 2. The van der Waals surface area contributed by atoms with Crippen LogP contribution in [0.25, 0.3) is 0 Å². The molecule has 0 aliphatic rings. The molecular weight excluding hydrogens is 202 g/mol. The monoisotopic (exact) mass is 221 g/mol. The molecular formula is C12H19N3O. The van der Waals surface area contributed by atoms with Gasteiger partial charge in [-0.05, 0) is 39.0 Å². The number of carbonyl (C=O) groups is 1. The predicted molar refractivity (Wildman–Crippen MR) is 67.6 cm³/mol. The second-order valence-electron chi connectivity index (χ2n) is 4.76. The molecule has 1 aromatic carbocycles. The zero-order chi connectivity index (χ0) is 12.3. The molecule has 0 atom stereocenters. The number of nitrogen functional groups attached to an aromatic ring is 1. The van der Waals surface area contributed by atoms with Gasteiger partial charge in [-0.15, -0.1) is 0 Å². The molecule has 88 valence electrons. The minimum Gasteiger partial charge on any atom is -0.399 e. The van der Waals surface area contributed by atoms with Gasteiger partial charge in [-0.3, -0.25) is 4.79 Å². The lowest BCUT2D eigenvalue weighted by Gasteiger charge is -2.24. The van der Waals surface area contributed by atoms with Crippen LogP contribution in [-0.2, 0) is 0 Å². The Morgan fingerprint density at radius 3 is 2.44 bits per heavy atom. The molecule has 0 fully saturated rings. The quantitative estimate of drug-likeness (QED) is 0.667. The van der Waals surface area contributed by atoms with Crippen molar-refractivity contribution in [2.45, 2.75) is 26.3 Å². The van der Waals surface area contributed by atoms with Crippen LogP contribution in [0, 0.1) is 0 Å². The standard InChI is InChI=1S/C12H19N3O/c1-12(2,3)15-10-7-8(13)5-6-9(10)11(16)14-4/h5-7,15H,13H2,1-4H3,(H,14,16). The van der Waals surface area contributed by atoms with E-state index >= 15 is 0 Å². The maximum atomic E-state index is 11.6. The van der Waals surface area contributed by atoms with Gasteiger partial charge in [-0.2, -0.15) is 0 Å². The van der Waals surface area contributed by atoms with Crippen molar-refractivity contribution in [1.82, 2.24) is 5.32 Å². The van der Waals surface area contributed by atoms with Gasteiger partial charge in [0.1, 0.15) is 0 Å². The number of nitrogens with two attached hydrogens (primary N) is 1. The average molecular weight is 221 g/mol. The third kappa shape index (κ3) is 3.15. The molecule has 1 aromatic rings. The van der Waals surface area contributed by atoms with Crippen molar-refractivity contribution in [3.05, 3.63) is 23.8 Å². The smallest absolute Gasteiger partial charge is 0.253 e. The van der Waals surface area contributed by atoms with E-state index in [9.17, 15) is 4.79 Å². The van der Waals surface area contributed by atoms with E-state index < -0.39 is 0 Å². The van der Waals surface area contributed by atoms with E-state index in [1.165, 1.54) is 0 Å². The Bertz CT molecular complexity index is 394. The van der Waals surface area contributed by atoms with Crippen LogP contribution in [0.15, 0.2) is 18.2 Å². The highest BCUT2D eigenvalue weighted by Gasteiger charge is 2.15. The summed E-state index contributed by atoms with van der Waals surface area (Å²) in [7, 11) is 1.61. The van der Waals surface area contributed by atoms with E-state index in [4.69, 9.17) is 5.73 Å². The molecule has 0 spiro atoms. The first-order chi connectivity index (χ1) is 7.33. The summed E-state index contributed by atoms with van der Waals surface area (Å²) in [6.07, 6.45) is 0. The third-order valence-corrected chi connectivity index (χ3v) is 2.02. The van der Waals surface area contributed by atoms with Crippen molar-refractivity contribution in [2.75, 3.05) is 18.1 Å². The summed E-state index contributed by atoms with van der Waals surface area (Å²) < 4.78 is 0. The number of hydrogen-bond acceptors (Lipinski definition) is 3. The van der Waals surface area contributed by atoms with Crippen molar-refractivity contribution >= 4 is 17.3 Å². The zero-order valence-corrected chi connectivity index (χ0v) is 10.2. The molecule has 1 amide bonds. The number of amides is 1. The molecule has 4 heteroatoms. The largest absolute Gasteiger partial charge is 0.399 e. The molecule has 0 saturated heterocycles. The molecule has 1 rings (SSSR count). The minimum atomic E-state index is -0.119. The highest BCUT2D eigenvalue weighted by Crippen LogP contribution is 2.22. The maximum Gasteiger partial charge on any atom is 0.253 e. The van der Waals surface area contributed by atoms with Crippen LogP contribution < -0.4 is 16.4 Å². The van der Waals surface area contributed by atoms with Gasteiger partial charge in [0.05, 0.1) is 5.56 Å². The van der Waals surface area contributed by atoms with Gasteiger partial charge in [-0.1, -0.05) is 0 Å². The molecule has 16 heavy (non-hydrogen) atoms. The van der Waals surface area contributed by atoms with E-state index in [1.54, 1.807) is 25.2 Å². The second-order valence-corrected chi connectivity index (χ2v) is 4.76. The fourth-order valence-corrected chi connectivity index (χ4v) is 1.40. The predicted octanol–water partition coefficient (Wildman–Crippen LogP) is 1.84. The molecule has 0 aliphatic carbocycles. The molecule has 0 aromatic heterocycles. The lowest BCUT2D eigenvalue weighted by Crippen LogP contribution is -2.28. The first kappa shape index (κ1) is 12.4. The van der Waals surface area contributed by atoms with Crippen LogP contribution in [0.2, 0.25) is 0 Å². The highest BCUT2D eigenvalue weighted by molar-refractivity contribution is 6.00. The Morgan fingerprint density at radius 1 is 1.31 bits per heavy atom. The first-order valence-electron chi connectivity index (χ1n) is 5.23. The Hall–Kier alpha value is -1.71. The van der Waals surface area contributed by atoms with Crippen molar-refractivity contribution in [3.8, 4) is 0 Å². The number of carbonyl (C=O) groups excluding carboxylic acids is 1.